The van der Waals surface area contributed by atoms with E-state index in [9.17, 15) is 14.4 Å². The van der Waals surface area contributed by atoms with Crippen molar-refractivity contribution in [3.63, 3.8) is 0 Å². The third kappa shape index (κ3) is 4.11. The van der Waals surface area contributed by atoms with Gasteiger partial charge in [-0.15, -0.1) is 0 Å². The first-order valence-corrected chi connectivity index (χ1v) is 12.6. The summed E-state index contributed by atoms with van der Waals surface area (Å²) in [5.41, 5.74) is 2.29. The summed E-state index contributed by atoms with van der Waals surface area (Å²) < 4.78 is 8.47. The number of carbonyl (C=O) groups excluding carboxylic acids is 2. The summed E-state index contributed by atoms with van der Waals surface area (Å²) in [7, 11) is 0. The average molecular weight is 482 g/mol. The Labute approximate surface area is 201 Å². The topological polar surface area (TPSA) is 99.3 Å². The number of benzene rings is 1. The molecule has 1 fully saturated rings. The molecule has 4 heterocycles. The summed E-state index contributed by atoms with van der Waals surface area (Å²) in [6, 6.07) is 7.60. The fourth-order valence-electron chi connectivity index (χ4n) is 4.72. The number of amides is 1. The number of piperidine rings is 1. The van der Waals surface area contributed by atoms with Crippen molar-refractivity contribution in [2.45, 2.75) is 44.3 Å². The van der Waals surface area contributed by atoms with Crippen LogP contribution in [0.3, 0.4) is 0 Å². The zero-order valence-corrected chi connectivity index (χ0v) is 20.1. The number of aromatic nitrogens is 4. The van der Waals surface area contributed by atoms with E-state index >= 15 is 0 Å². The van der Waals surface area contributed by atoms with Crippen LogP contribution in [-0.4, -0.2) is 61.6 Å². The van der Waals surface area contributed by atoms with Crippen molar-refractivity contribution in [1.29, 1.82) is 0 Å². The van der Waals surface area contributed by atoms with Crippen LogP contribution < -0.4 is 5.56 Å². The molecular formula is C24H27N5O4S. The first kappa shape index (κ1) is 22.6. The summed E-state index contributed by atoms with van der Waals surface area (Å²) in [6.07, 6.45) is 3.26. The number of likely N-dealkylation sites (tertiary alicyclic amines) is 1. The van der Waals surface area contributed by atoms with Gasteiger partial charge in [0.2, 0.25) is 5.91 Å². The van der Waals surface area contributed by atoms with Crippen molar-refractivity contribution in [2.24, 2.45) is 5.92 Å². The van der Waals surface area contributed by atoms with Crippen molar-refractivity contribution in [3.8, 4) is 5.69 Å². The maximum absolute atomic E-state index is 13.4. The molecule has 0 N–H and O–H groups in total. The molecule has 10 heteroatoms. The number of carbonyl (C=O) groups is 2. The van der Waals surface area contributed by atoms with Gasteiger partial charge in [0.15, 0.2) is 10.8 Å². The Bertz CT molecular complexity index is 1320. The molecule has 0 radical (unpaired) electrons. The molecule has 34 heavy (non-hydrogen) atoms. The quantitative estimate of drug-likeness (QED) is 0.408. The summed E-state index contributed by atoms with van der Waals surface area (Å²) in [4.78, 5) is 45.1. The molecule has 2 aliphatic rings. The van der Waals surface area contributed by atoms with Gasteiger partial charge in [0, 0.05) is 25.3 Å². The summed E-state index contributed by atoms with van der Waals surface area (Å²) in [5, 5.41) is 5.46. The zero-order chi connectivity index (χ0) is 23.8. The smallest absolute Gasteiger partial charge is 0.310 e. The van der Waals surface area contributed by atoms with Gasteiger partial charge in [-0.1, -0.05) is 23.9 Å². The van der Waals surface area contributed by atoms with Gasteiger partial charge in [-0.2, -0.15) is 5.10 Å². The van der Waals surface area contributed by atoms with Crippen LogP contribution in [0.2, 0.25) is 0 Å². The van der Waals surface area contributed by atoms with Gasteiger partial charge in [-0.25, -0.2) is 9.67 Å². The predicted molar refractivity (Wildman–Crippen MR) is 128 cm³/mol. The highest BCUT2D eigenvalue weighted by Crippen LogP contribution is 2.34. The highest BCUT2D eigenvalue weighted by atomic mass is 32.2. The largest absolute Gasteiger partial charge is 0.466 e. The van der Waals surface area contributed by atoms with Crippen LogP contribution in [0.25, 0.3) is 16.7 Å². The number of hydrogen-bond donors (Lipinski definition) is 0. The molecule has 1 aromatic carbocycles. The molecule has 9 nitrogen and oxygen atoms in total. The van der Waals surface area contributed by atoms with E-state index < -0.39 is 0 Å². The van der Waals surface area contributed by atoms with Crippen LogP contribution in [0.15, 0.2) is 40.4 Å². The minimum absolute atomic E-state index is 0.0464. The van der Waals surface area contributed by atoms with E-state index in [2.05, 4.69) is 5.10 Å². The van der Waals surface area contributed by atoms with Gasteiger partial charge in [0.05, 0.1) is 30.5 Å². The lowest BCUT2D eigenvalue weighted by molar-refractivity contribution is -0.151. The van der Waals surface area contributed by atoms with Gasteiger partial charge in [0.1, 0.15) is 5.39 Å². The van der Waals surface area contributed by atoms with Crippen molar-refractivity contribution in [1.82, 2.24) is 24.2 Å². The minimum atomic E-state index is -0.278. The molecule has 0 spiro atoms. The third-order valence-electron chi connectivity index (χ3n) is 6.42. The van der Waals surface area contributed by atoms with Crippen LogP contribution in [-0.2, 0) is 14.3 Å². The number of esters is 1. The molecule has 2 atom stereocenters. The summed E-state index contributed by atoms with van der Waals surface area (Å²) in [6.45, 7) is 5.12. The number of fused-ring (bicyclic) bond motifs is 2. The van der Waals surface area contributed by atoms with Gasteiger partial charge in [0.25, 0.3) is 5.56 Å². The second-order valence-electron chi connectivity index (χ2n) is 8.80. The van der Waals surface area contributed by atoms with E-state index in [4.69, 9.17) is 9.72 Å². The van der Waals surface area contributed by atoms with Gasteiger partial charge in [-0.3, -0.25) is 19.0 Å². The molecule has 2 aliphatic heterocycles. The SMILES string of the molecule is CCOC(=O)C1CCCN(C(=O)CC2CSc3nc4c(cnn4-c4cccc(C)c4)c(=O)n32)C1. The molecule has 2 unspecified atom stereocenters. The van der Waals surface area contributed by atoms with Crippen LogP contribution in [0.1, 0.15) is 37.8 Å². The molecule has 0 saturated carbocycles. The normalized spacial score (nSPS) is 19.9. The Kier molecular flexibility index (Phi) is 6.16. The number of aryl methyl sites for hydroxylation is 1. The number of ether oxygens (including phenoxy) is 1. The molecule has 1 amide bonds. The van der Waals surface area contributed by atoms with Gasteiger partial charge in [-0.05, 0) is 44.4 Å². The summed E-state index contributed by atoms with van der Waals surface area (Å²) >= 11 is 1.48. The molecule has 178 valence electrons. The number of hydrogen-bond acceptors (Lipinski definition) is 7. The molecule has 0 aliphatic carbocycles. The van der Waals surface area contributed by atoms with Crippen molar-refractivity contribution < 1.29 is 14.3 Å². The number of rotatable bonds is 5. The first-order valence-electron chi connectivity index (χ1n) is 11.6. The van der Waals surface area contributed by atoms with Gasteiger partial charge >= 0.3 is 5.97 Å². The fraction of sp³-hybridized carbons (Fsp3) is 0.458. The number of nitrogens with zero attached hydrogens (tertiary/aromatic N) is 5. The third-order valence-corrected chi connectivity index (χ3v) is 7.52. The average Bonchev–Trinajstić information content (AvgIpc) is 3.44. The maximum atomic E-state index is 13.4. The van der Waals surface area contributed by atoms with Crippen LogP contribution in [0, 0.1) is 12.8 Å². The molecule has 5 rings (SSSR count). The lowest BCUT2D eigenvalue weighted by Crippen LogP contribution is -2.43. The van der Waals surface area contributed by atoms with E-state index in [-0.39, 0.29) is 35.8 Å². The molecule has 1 saturated heterocycles. The Morgan fingerprint density at radius 2 is 2.15 bits per heavy atom. The second-order valence-corrected chi connectivity index (χ2v) is 9.79. The van der Waals surface area contributed by atoms with Crippen molar-refractivity contribution >= 4 is 34.7 Å². The van der Waals surface area contributed by atoms with Crippen LogP contribution in [0.5, 0.6) is 0 Å². The fourth-order valence-corrected chi connectivity index (χ4v) is 5.85. The van der Waals surface area contributed by atoms with Gasteiger partial charge < -0.3 is 9.64 Å². The molecular weight excluding hydrogens is 454 g/mol. The Hall–Kier alpha value is -3.14. The molecule has 0 bridgehead atoms. The molecule has 3 aromatic rings. The zero-order valence-electron chi connectivity index (χ0n) is 19.3. The van der Waals surface area contributed by atoms with Crippen LogP contribution >= 0.6 is 11.8 Å². The minimum Gasteiger partial charge on any atom is -0.466 e. The van der Waals surface area contributed by atoms with Crippen molar-refractivity contribution in [3.05, 3.63) is 46.4 Å². The maximum Gasteiger partial charge on any atom is 0.310 e. The van der Waals surface area contributed by atoms with E-state index in [0.29, 0.717) is 41.6 Å². The lowest BCUT2D eigenvalue weighted by atomic mass is 9.97. The molecule has 2 aromatic heterocycles. The monoisotopic (exact) mass is 481 g/mol. The van der Waals surface area contributed by atoms with E-state index in [0.717, 1.165) is 24.1 Å². The Balaban J connectivity index is 1.38. The number of thioether (sulfide) groups is 1. The lowest BCUT2D eigenvalue weighted by Gasteiger charge is -2.32. The van der Waals surface area contributed by atoms with E-state index in [1.54, 1.807) is 27.3 Å². The Morgan fingerprint density at radius 1 is 1.29 bits per heavy atom. The van der Waals surface area contributed by atoms with Crippen LogP contribution in [0.4, 0.5) is 0 Å². The predicted octanol–water partition coefficient (Wildman–Crippen LogP) is 2.73. The summed E-state index contributed by atoms with van der Waals surface area (Å²) in [5.74, 6) is 0.0395. The second kappa shape index (κ2) is 9.25. The van der Waals surface area contributed by atoms with E-state index in [1.165, 1.54) is 11.8 Å². The first-order chi connectivity index (χ1) is 16.5. The van der Waals surface area contributed by atoms with E-state index in [1.807, 2.05) is 31.2 Å². The van der Waals surface area contributed by atoms with Crippen molar-refractivity contribution in [2.75, 3.05) is 25.4 Å². The highest BCUT2D eigenvalue weighted by Gasteiger charge is 2.34. The highest BCUT2D eigenvalue weighted by molar-refractivity contribution is 7.99. The standard InChI is InChI=1S/C24H27N5O4S/c1-3-33-23(32)16-7-5-9-27(13-16)20(30)11-18-14-34-24-26-21-19(22(31)28(18)24)12-25-29(21)17-8-4-6-15(2)10-17/h4,6,8,10,12,16,18H,3,5,7,9,11,13-14H2,1-2H3. The Morgan fingerprint density at radius 3 is 2.94 bits per heavy atom.